The Hall–Kier alpha value is -3.55. The number of ether oxygens (including phenoxy) is 3. The Morgan fingerprint density at radius 3 is 2.32 bits per heavy atom. The number of alkyl carbamates (subject to hydrolysis) is 1. The molecule has 1 aliphatic carbocycles. The van der Waals surface area contributed by atoms with Gasteiger partial charge in [-0.05, 0) is 89.5 Å². The van der Waals surface area contributed by atoms with Crippen molar-refractivity contribution < 1.29 is 28.6 Å². The van der Waals surface area contributed by atoms with E-state index in [9.17, 15) is 14.4 Å². The maximum atomic E-state index is 12.8. The maximum Gasteiger partial charge on any atom is 0.411 e. The molecule has 0 bridgehead atoms. The Balaban J connectivity index is 1.56. The first-order valence-electron chi connectivity index (χ1n) is 13.4. The first-order chi connectivity index (χ1) is 18.1. The lowest BCUT2D eigenvalue weighted by Crippen LogP contribution is -2.42. The molecule has 8 nitrogen and oxygen atoms in total. The Morgan fingerprint density at radius 2 is 1.66 bits per heavy atom. The Kier molecular flexibility index (Phi) is 10.6. The molecule has 0 heterocycles. The number of anilines is 1. The lowest BCUT2D eigenvalue weighted by molar-refractivity contribution is -0.143. The summed E-state index contributed by atoms with van der Waals surface area (Å²) in [4.78, 5) is 36.5. The normalized spacial score (nSPS) is 17.3. The molecule has 2 aromatic carbocycles. The second-order valence-electron chi connectivity index (χ2n) is 10.6. The average Bonchev–Trinajstić information content (AvgIpc) is 2.85. The van der Waals surface area contributed by atoms with E-state index in [0.717, 1.165) is 23.1 Å². The molecule has 3 rings (SSSR count). The van der Waals surface area contributed by atoms with Crippen LogP contribution in [-0.2, 0) is 25.4 Å². The Bertz CT molecular complexity index is 1070. The van der Waals surface area contributed by atoms with Gasteiger partial charge in [-0.2, -0.15) is 0 Å². The van der Waals surface area contributed by atoms with Crippen molar-refractivity contribution in [1.29, 1.82) is 0 Å². The van der Waals surface area contributed by atoms with Crippen molar-refractivity contribution in [3.8, 4) is 11.1 Å². The first-order valence-corrected chi connectivity index (χ1v) is 13.4. The van der Waals surface area contributed by atoms with Gasteiger partial charge in [0.25, 0.3) is 0 Å². The molecule has 1 fully saturated rings. The number of amides is 2. The number of hydrogen-bond donors (Lipinski definition) is 2. The smallest absolute Gasteiger partial charge is 0.411 e. The van der Waals surface area contributed by atoms with Crippen LogP contribution < -0.4 is 10.6 Å². The van der Waals surface area contributed by atoms with E-state index in [1.54, 1.807) is 6.92 Å². The zero-order valence-corrected chi connectivity index (χ0v) is 22.9. The van der Waals surface area contributed by atoms with E-state index in [4.69, 9.17) is 14.2 Å². The van der Waals surface area contributed by atoms with E-state index in [2.05, 4.69) is 10.6 Å². The molecule has 0 spiro atoms. The molecule has 2 amide bonds. The highest BCUT2D eigenvalue weighted by Gasteiger charge is 2.27. The van der Waals surface area contributed by atoms with Crippen molar-refractivity contribution in [2.45, 2.75) is 90.4 Å². The second kappa shape index (κ2) is 13.8. The molecule has 2 aromatic rings. The summed E-state index contributed by atoms with van der Waals surface area (Å²) in [6.07, 6.45) is 3.41. The minimum Gasteiger partial charge on any atom is -0.466 e. The molecule has 38 heavy (non-hydrogen) atoms. The molecule has 2 N–H and O–H groups in total. The van der Waals surface area contributed by atoms with Gasteiger partial charge in [-0.25, -0.2) is 9.59 Å². The quantitative estimate of drug-likeness (QED) is 0.282. The van der Waals surface area contributed by atoms with Crippen LogP contribution in [0, 0.1) is 0 Å². The highest BCUT2D eigenvalue weighted by atomic mass is 16.6. The van der Waals surface area contributed by atoms with Gasteiger partial charge in [0.15, 0.2) is 0 Å². The topological polar surface area (TPSA) is 103 Å². The number of rotatable bonds is 9. The van der Waals surface area contributed by atoms with Gasteiger partial charge in [-0.3, -0.25) is 10.1 Å². The van der Waals surface area contributed by atoms with E-state index in [1.165, 1.54) is 0 Å². The van der Waals surface area contributed by atoms with Crippen molar-refractivity contribution in [2.75, 3.05) is 11.9 Å². The van der Waals surface area contributed by atoms with E-state index in [-0.39, 0.29) is 18.1 Å². The van der Waals surface area contributed by atoms with Crippen LogP contribution in [0.5, 0.6) is 0 Å². The van der Waals surface area contributed by atoms with Crippen LogP contribution in [0.15, 0.2) is 48.5 Å². The summed E-state index contributed by atoms with van der Waals surface area (Å²) in [7, 11) is 0. The van der Waals surface area contributed by atoms with Gasteiger partial charge in [-0.15, -0.1) is 0 Å². The minimum atomic E-state index is -0.540. The fourth-order valence-electron chi connectivity index (χ4n) is 4.47. The molecule has 206 valence electrons. The van der Waals surface area contributed by atoms with Crippen molar-refractivity contribution in [3.05, 3.63) is 54.1 Å². The Labute approximate surface area is 225 Å². The number of carbonyl (C=O) groups excluding carboxylic acids is 3. The molecule has 0 unspecified atom stereocenters. The summed E-state index contributed by atoms with van der Waals surface area (Å²) in [5.74, 6) is -0.188. The predicted molar refractivity (Wildman–Crippen MR) is 147 cm³/mol. The molecular weight excluding hydrogens is 484 g/mol. The Morgan fingerprint density at radius 1 is 0.947 bits per heavy atom. The van der Waals surface area contributed by atoms with E-state index < -0.39 is 17.8 Å². The number of nitrogens with one attached hydrogen (secondary N) is 2. The van der Waals surface area contributed by atoms with Gasteiger partial charge in [0.1, 0.15) is 11.7 Å². The molecule has 1 aliphatic rings. The summed E-state index contributed by atoms with van der Waals surface area (Å²) in [6.45, 7) is 7.68. The van der Waals surface area contributed by atoms with Crippen LogP contribution in [0.25, 0.3) is 11.1 Å². The fourth-order valence-corrected chi connectivity index (χ4v) is 4.47. The molecule has 0 aliphatic heterocycles. The van der Waals surface area contributed by atoms with Crippen molar-refractivity contribution in [2.24, 2.45) is 0 Å². The summed E-state index contributed by atoms with van der Waals surface area (Å²) < 4.78 is 16.1. The third-order valence-electron chi connectivity index (χ3n) is 6.23. The minimum absolute atomic E-state index is 0.00816. The largest absolute Gasteiger partial charge is 0.466 e. The number of esters is 1. The number of hydrogen-bond acceptors (Lipinski definition) is 6. The van der Waals surface area contributed by atoms with Gasteiger partial charge < -0.3 is 19.5 Å². The fraction of sp³-hybridized carbons (Fsp3) is 0.500. The predicted octanol–water partition coefficient (Wildman–Crippen LogP) is 6.62. The monoisotopic (exact) mass is 524 g/mol. The summed E-state index contributed by atoms with van der Waals surface area (Å²) in [5.41, 5.74) is 3.06. The van der Waals surface area contributed by atoms with Crippen molar-refractivity contribution in [3.63, 3.8) is 0 Å². The zero-order chi connectivity index (χ0) is 27.5. The van der Waals surface area contributed by atoms with Gasteiger partial charge in [0, 0.05) is 18.0 Å². The average molecular weight is 525 g/mol. The summed E-state index contributed by atoms with van der Waals surface area (Å²) in [6, 6.07) is 15.7. The third kappa shape index (κ3) is 9.72. The van der Waals surface area contributed by atoms with Crippen LogP contribution in [0.4, 0.5) is 15.3 Å². The second-order valence-corrected chi connectivity index (χ2v) is 10.6. The molecule has 8 heteroatoms. The number of benzene rings is 2. The molecular formula is C30H40N2O6. The van der Waals surface area contributed by atoms with Crippen LogP contribution in [0.2, 0.25) is 0 Å². The van der Waals surface area contributed by atoms with Gasteiger partial charge >= 0.3 is 18.2 Å². The summed E-state index contributed by atoms with van der Waals surface area (Å²) in [5, 5.41) is 5.82. The highest BCUT2D eigenvalue weighted by molar-refractivity contribution is 5.91. The van der Waals surface area contributed by atoms with Crippen LogP contribution in [0.1, 0.15) is 71.8 Å². The molecule has 0 radical (unpaired) electrons. The van der Waals surface area contributed by atoms with Gasteiger partial charge in [-0.1, -0.05) is 36.4 Å². The molecule has 0 aromatic heterocycles. The van der Waals surface area contributed by atoms with Crippen LogP contribution in [0.3, 0.4) is 0 Å². The lowest BCUT2D eigenvalue weighted by atomic mass is 9.93. The van der Waals surface area contributed by atoms with Gasteiger partial charge in [0.05, 0.1) is 12.3 Å². The van der Waals surface area contributed by atoms with E-state index >= 15 is 0 Å². The SMILES string of the molecule is CCOC(=O)CCCc1ccc(NC(=O)O[C@H]2CC[C@H](NC(=O)OC(C)(C)C)CC2)c(-c2ccccc2)c1. The zero-order valence-electron chi connectivity index (χ0n) is 22.9. The highest BCUT2D eigenvalue weighted by Crippen LogP contribution is 2.30. The molecule has 1 saturated carbocycles. The van der Waals surface area contributed by atoms with Gasteiger partial charge in [0.2, 0.25) is 0 Å². The maximum absolute atomic E-state index is 12.8. The number of carbonyl (C=O) groups is 3. The van der Waals surface area contributed by atoms with E-state index in [0.29, 0.717) is 50.8 Å². The molecule has 0 saturated heterocycles. The number of aryl methyl sites for hydroxylation is 1. The molecule has 0 atom stereocenters. The van der Waals surface area contributed by atoms with Crippen LogP contribution in [-0.4, -0.2) is 42.5 Å². The van der Waals surface area contributed by atoms with Crippen LogP contribution >= 0.6 is 0 Å². The lowest BCUT2D eigenvalue weighted by Gasteiger charge is -2.30. The standard InChI is InChI=1S/C30H40N2O6/c1-5-36-27(33)13-9-10-21-14-19-26(25(20-21)22-11-7-6-8-12-22)32-28(34)37-24-17-15-23(16-18-24)31-29(35)38-30(2,3)4/h6-8,11-12,14,19-20,23-24H,5,9-10,13,15-18H2,1-4H3,(H,31,35)(H,32,34)/t23-,24-. The van der Waals surface area contributed by atoms with E-state index in [1.807, 2.05) is 69.3 Å². The third-order valence-corrected chi connectivity index (χ3v) is 6.23. The van der Waals surface area contributed by atoms with Crippen molar-refractivity contribution in [1.82, 2.24) is 5.32 Å². The van der Waals surface area contributed by atoms with Crippen molar-refractivity contribution >= 4 is 23.8 Å². The summed E-state index contributed by atoms with van der Waals surface area (Å²) >= 11 is 0. The first kappa shape index (κ1) is 29.0.